The van der Waals surface area contributed by atoms with Crippen LogP contribution in [0, 0.1) is 17.2 Å². The van der Waals surface area contributed by atoms with Crippen LogP contribution in [0.25, 0.3) is 6.08 Å². The van der Waals surface area contributed by atoms with Crippen LogP contribution >= 0.6 is 0 Å². The molecule has 70 valence electrons. The van der Waals surface area contributed by atoms with Crippen LogP contribution in [0.5, 0.6) is 0 Å². The molecule has 5 heteroatoms. The van der Waals surface area contributed by atoms with Gasteiger partial charge in [-0.1, -0.05) is 12.2 Å². The average molecular weight is 189 g/mol. The van der Waals surface area contributed by atoms with Crippen LogP contribution in [-0.2, 0) is 11.2 Å². The van der Waals surface area contributed by atoms with E-state index in [1.807, 2.05) is 6.07 Å². The molecule has 14 heavy (non-hydrogen) atoms. The fourth-order valence-electron chi connectivity index (χ4n) is 1.48. The van der Waals surface area contributed by atoms with E-state index in [1.54, 1.807) is 12.2 Å². The van der Waals surface area contributed by atoms with E-state index in [9.17, 15) is 4.79 Å². The molecule has 0 aliphatic heterocycles. The average Bonchev–Trinajstić information content (AvgIpc) is 2.59. The molecule has 0 amide bonds. The van der Waals surface area contributed by atoms with Gasteiger partial charge in [-0.3, -0.25) is 9.89 Å². The zero-order chi connectivity index (χ0) is 10.1. The lowest BCUT2D eigenvalue weighted by molar-refractivity contribution is -0.140. The summed E-state index contributed by atoms with van der Waals surface area (Å²) in [5.74, 6) is -1.38. The molecule has 0 saturated carbocycles. The Morgan fingerprint density at radius 1 is 1.79 bits per heavy atom. The number of carbonyl (C=O) groups is 1. The second-order valence-electron chi connectivity index (χ2n) is 3.08. The highest BCUT2D eigenvalue weighted by Crippen LogP contribution is 2.23. The molecule has 2 rings (SSSR count). The SMILES string of the molecule is N#Cc1n[nH]c2c1C=CC(C(=O)O)C2. The fraction of sp³-hybridized carbons (Fsp3) is 0.222. The van der Waals surface area contributed by atoms with Crippen molar-refractivity contribution in [3.8, 4) is 6.07 Å². The number of aliphatic carboxylic acids is 1. The van der Waals surface area contributed by atoms with Gasteiger partial charge >= 0.3 is 5.97 Å². The molecule has 1 aromatic rings. The first kappa shape index (κ1) is 8.51. The molecule has 1 aliphatic carbocycles. The van der Waals surface area contributed by atoms with E-state index in [-0.39, 0.29) is 0 Å². The van der Waals surface area contributed by atoms with Crippen molar-refractivity contribution in [1.82, 2.24) is 10.2 Å². The van der Waals surface area contributed by atoms with Gasteiger partial charge < -0.3 is 5.11 Å². The van der Waals surface area contributed by atoms with Crippen molar-refractivity contribution in [2.24, 2.45) is 5.92 Å². The summed E-state index contributed by atoms with van der Waals surface area (Å²) in [5, 5.41) is 23.9. The number of hydrogen-bond acceptors (Lipinski definition) is 3. The first-order chi connectivity index (χ1) is 6.72. The first-order valence-corrected chi connectivity index (χ1v) is 4.10. The van der Waals surface area contributed by atoms with Crippen LogP contribution in [-0.4, -0.2) is 21.3 Å². The number of fused-ring (bicyclic) bond motifs is 1. The molecule has 1 aromatic heterocycles. The lowest BCUT2D eigenvalue weighted by Gasteiger charge is -2.11. The number of nitrogens with zero attached hydrogens (tertiary/aromatic N) is 2. The smallest absolute Gasteiger partial charge is 0.310 e. The third kappa shape index (κ3) is 1.17. The van der Waals surface area contributed by atoms with E-state index in [4.69, 9.17) is 10.4 Å². The van der Waals surface area contributed by atoms with Crippen molar-refractivity contribution in [2.75, 3.05) is 0 Å². The molecule has 1 heterocycles. The van der Waals surface area contributed by atoms with Crippen molar-refractivity contribution in [3.63, 3.8) is 0 Å². The number of rotatable bonds is 1. The van der Waals surface area contributed by atoms with Gasteiger partial charge in [-0.05, 0) is 0 Å². The summed E-state index contributed by atoms with van der Waals surface area (Å²) in [6.07, 6.45) is 3.59. The Kier molecular flexibility index (Phi) is 1.82. The van der Waals surface area contributed by atoms with Crippen molar-refractivity contribution >= 4 is 12.0 Å². The zero-order valence-electron chi connectivity index (χ0n) is 7.19. The molecule has 1 unspecified atom stereocenters. The van der Waals surface area contributed by atoms with Gasteiger partial charge in [0, 0.05) is 17.7 Å². The zero-order valence-corrected chi connectivity index (χ0v) is 7.19. The lowest BCUT2D eigenvalue weighted by atomic mass is 9.94. The Morgan fingerprint density at radius 3 is 3.21 bits per heavy atom. The molecule has 5 nitrogen and oxygen atoms in total. The van der Waals surface area contributed by atoms with Crippen LogP contribution in [0.15, 0.2) is 6.08 Å². The van der Waals surface area contributed by atoms with Gasteiger partial charge in [-0.2, -0.15) is 10.4 Å². The third-order valence-corrected chi connectivity index (χ3v) is 2.23. The largest absolute Gasteiger partial charge is 0.481 e. The second-order valence-corrected chi connectivity index (χ2v) is 3.08. The molecule has 0 aromatic carbocycles. The Hall–Kier alpha value is -2.09. The normalized spacial score (nSPS) is 18.6. The van der Waals surface area contributed by atoms with E-state index in [1.165, 1.54) is 0 Å². The number of hydrogen-bond donors (Lipinski definition) is 2. The molecule has 0 saturated heterocycles. The number of H-pyrrole nitrogens is 1. The molecule has 0 fully saturated rings. The van der Waals surface area contributed by atoms with Crippen molar-refractivity contribution in [1.29, 1.82) is 5.26 Å². The third-order valence-electron chi connectivity index (χ3n) is 2.23. The van der Waals surface area contributed by atoms with Gasteiger partial charge in [0.05, 0.1) is 5.92 Å². The van der Waals surface area contributed by atoms with Crippen LogP contribution in [0.3, 0.4) is 0 Å². The molecule has 1 aliphatic rings. The summed E-state index contributed by atoms with van der Waals surface area (Å²) in [6, 6.07) is 1.94. The quantitative estimate of drug-likeness (QED) is 0.675. The number of nitrogens with one attached hydrogen (secondary N) is 1. The summed E-state index contributed by atoms with van der Waals surface area (Å²) >= 11 is 0. The van der Waals surface area contributed by atoms with Crippen molar-refractivity contribution < 1.29 is 9.90 Å². The number of aromatic nitrogens is 2. The van der Waals surface area contributed by atoms with Crippen LogP contribution in [0.4, 0.5) is 0 Å². The maximum absolute atomic E-state index is 10.7. The number of aromatic amines is 1. The minimum absolute atomic E-state index is 0.320. The van der Waals surface area contributed by atoms with Crippen molar-refractivity contribution in [3.05, 3.63) is 23.0 Å². The summed E-state index contributed by atoms with van der Waals surface area (Å²) in [4.78, 5) is 10.7. The second kappa shape index (κ2) is 3.00. The van der Waals surface area contributed by atoms with E-state index < -0.39 is 11.9 Å². The highest BCUT2D eigenvalue weighted by molar-refractivity contribution is 5.76. The van der Waals surface area contributed by atoms with Gasteiger partial charge in [-0.15, -0.1) is 0 Å². The minimum Gasteiger partial charge on any atom is -0.481 e. The van der Waals surface area contributed by atoms with E-state index >= 15 is 0 Å². The molecule has 0 radical (unpaired) electrons. The number of carboxylic acid groups (broad SMARTS) is 1. The predicted octanol–water partition coefficient (Wildman–Crippen LogP) is 0.551. The molecular formula is C9H7N3O2. The number of nitriles is 1. The van der Waals surface area contributed by atoms with Gasteiger partial charge in [-0.25, -0.2) is 0 Å². The molecule has 1 atom stereocenters. The standard InChI is InChI=1S/C9H7N3O2/c10-4-8-6-2-1-5(9(13)14)3-7(6)11-12-8/h1-2,5H,3H2,(H,11,12)(H,13,14). The summed E-state index contributed by atoms with van der Waals surface area (Å²) in [6.45, 7) is 0. The van der Waals surface area contributed by atoms with Crippen LogP contribution in [0.2, 0.25) is 0 Å². The maximum atomic E-state index is 10.7. The van der Waals surface area contributed by atoms with Gasteiger partial charge in [0.25, 0.3) is 0 Å². The van der Waals surface area contributed by atoms with E-state index in [2.05, 4.69) is 10.2 Å². The Balaban J connectivity index is 2.38. The van der Waals surface area contributed by atoms with Crippen LogP contribution < -0.4 is 0 Å². The molecule has 2 N–H and O–H groups in total. The van der Waals surface area contributed by atoms with Gasteiger partial charge in [0.1, 0.15) is 6.07 Å². The molecule has 0 bridgehead atoms. The molecular weight excluding hydrogens is 182 g/mol. The molecule has 0 spiro atoms. The monoisotopic (exact) mass is 189 g/mol. The van der Waals surface area contributed by atoms with Gasteiger partial charge in [0.2, 0.25) is 0 Å². The summed E-state index contributed by atoms with van der Waals surface area (Å²) in [7, 11) is 0. The summed E-state index contributed by atoms with van der Waals surface area (Å²) < 4.78 is 0. The summed E-state index contributed by atoms with van der Waals surface area (Å²) in [5.41, 5.74) is 1.75. The highest BCUT2D eigenvalue weighted by Gasteiger charge is 2.23. The fourth-order valence-corrected chi connectivity index (χ4v) is 1.48. The lowest BCUT2D eigenvalue weighted by Crippen LogP contribution is -2.16. The van der Waals surface area contributed by atoms with E-state index in [0.717, 1.165) is 5.69 Å². The Labute approximate surface area is 79.7 Å². The predicted molar refractivity (Wildman–Crippen MR) is 47.2 cm³/mol. The Bertz CT molecular complexity index is 453. The topological polar surface area (TPSA) is 89.8 Å². The number of carboxylic acids is 1. The Morgan fingerprint density at radius 2 is 2.57 bits per heavy atom. The highest BCUT2D eigenvalue weighted by atomic mass is 16.4. The first-order valence-electron chi connectivity index (χ1n) is 4.10. The minimum atomic E-state index is -0.861. The van der Waals surface area contributed by atoms with E-state index in [0.29, 0.717) is 17.7 Å². The van der Waals surface area contributed by atoms with Gasteiger partial charge in [0.15, 0.2) is 5.69 Å². The van der Waals surface area contributed by atoms with Crippen molar-refractivity contribution in [2.45, 2.75) is 6.42 Å². The van der Waals surface area contributed by atoms with Crippen LogP contribution in [0.1, 0.15) is 17.0 Å². The maximum Gasteiger partial charge on any atom is 0.310 e.